The zero-order valence-corrected chi connectivity index (χ0v) is 15.3. The predicted octanol–water partition coefficient (Wildman–Crippen LogP) is -0.847. The molecule has 2 heterocycles. The van der Waals surface area contributed by atoms with E-state index in [1.165, 1.54) is 9.80 Å². The summed E-state index contributed by atoms with van der Waals surface area (Å²) in [6.45, 7) is 4.28. The van der Waals surface area contributed by atoms with Gasteiger partial charge in [-0.2, -0.15) is 0 Å². The maximum atomic E-state index is 12.9. The van der Waals surface area contributed by atoms with Crippen LogP contribution in [-0.4, -0.2) is 76.4 Å². The summed E-state index contributed by atoms with van der Waals surface area (Å²) in [5.74, 6) is -2.29. The van der Waals surface area contributed by atoms with E-state index in [1.807, 2.05) is 0 Å². The highest BCUT2D eigenvalue weighted by Crippen LogP contribution is 2.22. The van der Waals surface area contributed by atoms with E-state index in [0.29, 0.717) is 38.8 Å². The third-order valence-electron chi connectivity index (χ3n) is 5.10. The highest BCUT2D eigenvalue weighted by molar-refractivity contribution is 5.94. The minimum atomic E-state index is -1.03. The average molecular weight is 368 g/mol. The first-order valence-electron chi connectivity index (χ1n) is 9.11. The standard InChI is InChI=1S/C17H28N4O5/c1-10(2)14(16(24)21-8-4-6-12(21)17(25)26)19-15(23)11-5-3-7-20(11)13(22)9-18/h10-12,14H,3-9,18H2,1-2H3,(H,19,23)(H,25,26). The molecule has 9 heteroatoms. The number of hydrogen-bond donors (Lipinski definition) is 3. The minimum Gasteiger partial charge on any atom is -0.480 e. The van der Waals surface area contributed by atoms with Crippen LogP contribution in [0.25, 0.3) is 0 Å². The lowest BCUT2D eigenvalue weighted by atomic mass is 10.0. The first-order valence-corrected chi connectivity index (χ1v) is 9.11. The minimum absolute atomic E-state index is 0.162. The maximum Gasteiger partial charge on any atom is 0.326 e. The number of likely N-dealkylation sites (tertiary alicyclic amines) is 2. The molecule has 0 aliphatic carbocycles. The predicted molar refractivity (Wildman–Crippen MR) is 92.9 cm³/mol. The Hall–Kier alpha value is -2.16. The second-order valence-electron chi connectivity index (χ2n) is 7.21. The molecular weight excluding hydrogens is 340 g/mol. The Morgan fingerprint density at radius 1 is 1.08 bits per heavy atom. The number of carbonyl (C=O) groups excluding carboxylic acids is 3. The number of carboxylic acid groups (broad SMARTS) is 1. The molecule has 0 bridgehead atoms. The van der Waals surface area contributed by atoms with Gasteiger partial charge in [-0.1, -0.05) is 13.8 Å². The Kier molecular flexibility index (Phi) is 6.57. The van der Waals surface area contributed by atoms with E-state index in [1.54, 1.807) is 13.8 Å². The number of carbonyl (C=O) groups is 4. The number of rotatable bonds is 6. The van der Waals surface area contributed by atoms with Crippen LogP contribution >= 0.6 is 0 Å². The fourth-order valence-electron chi connectivity index (χ4n) is 3.68. The molecule has 0 aromatic carbocycles. The summed E-state index contributed by atoms with van der Waals surface area (Å²) in [6, 6.07) is -2.30. The van der Waals surface area contributed by atoms with Crippen molar-refractivity contribution in [3.63, 3.8) is 0 Å². The van der Waals surface area contributed by atoms with Crippen molar-refractivity contribution in [2.45, 2.75) is 57.7 Å². The molecule has 2 aliphatic heterocycles. The van der Waals surface area contributed by atoms with Gasteiger partial charge in [-0.25, -0.2) is 4.79 Å². The lowest BCUT2D eigenvalue weighted by molar-refractivity contribution is -0.150. The summed E-state index contributed by atoms with van der Waals surface area (Å²) in [6.07, 6.45) is 2.28. The third-order valence-corrected chi connectivity index (χ3v) is 5.10. The number of nitrogens with zero attached hydrogens (tertiary/aromatic N) is 2. The van der Waals surface area contributed by atoms with Crippen LogP contribution in [-0.2, 0) is 19.2 Å². The Balaban J connectivity index is 2.10. The average Bonchev–Trinajstić information content (AvgIpc) is 3.26. The molecule has 0 radical (unpaired) electrons. The monoisotopic (exact) mass is 368 g/mol. The molecule has 2 aliphatic rings. The molecule has 0 aromatic rings. The number of hydrogen-bond acceptors (Lipinski definition) is 5. The van der Waals surface area contributed by atoms with Gasteiger partial charge >= 0.3 is 5.97 Å². The van der Waals surface area contributed by atoms with E-state index in [4.69, 9.17) is 5.73 Å². The zero-order chi connectivity index (χ0) is 19.4. The molecule has 0 saturated carbocycles. The molecule has 146 valence electrons. The van der Waals surface area contributed by atoms with Gasteiger partial charge in [0.05, 0.1) is 6.54 Å². The molecule has 4 N–H and O–H groups in total. The van der Waals surface area contributed by atoms with E-state index in [9.17, 15) is 24.3 Å². The van der Waals surface area contributed by atoms with Gasteiger partial charge in [0.25, 0.3) is 0 Å². The Morgan fingerprint density at radius 2 is 1.65 bits per heavy atom. The molecule has 2 rings (SSSR count). The van der Waals surface area contributed by atoms with Crippen molar-refractivity contribution < 1.29 is 24.3 Å². The normalized spacial score (nSPS) is 24.0. The van der Waals surface area contributed by atoms with Gasteiger partial charge < -0.3 is 26.0 Å². The van der Waals surface area contributed by atoms with Crippen molar-refractivity contribution in [3.8, 4) is 0 Å². The van der Waals surface area contributed by atoms with Crippen molar-refractivity contribution in [2.75, 3.05) is 19.6 Å². The van der Waals surface area contributed by atoms with E-state index in [0.717, 1.165) is 0 Å². The van der Waals surface area contributed by atoms with Crippen LogP contribution in [0.4, 0.5) is 0 Å². The molecule has 0 spiro atoms. The van der Waals surface area contributed by atoms with Crippen LogP contribution < -0.4 is 11.1 Å². The highest BCUT2D eigenvalue weighted by Gasteiger charge is 2.40. The number of nitrogens with one attached hydrogen (secondary N) is 1. The van der Waals surface area contributed by atoms with E-state index in [2.05, 4.69) is 5.32 Å². The van der Waals surface area contributed by atoms with Crippen LogP contribution in [0, 0.1) is 5.92 Å². The van der Waals surface area contributed by atoms with Gasteiger partial charge in [0.15, 0.2) is 0 Å². The Morgan fingerprint density at radius 3 is 2.19 bits per heavy atom. The van der Waals surface area contributed by atoms with Crippen LogP contribution in [0.1, 0.15) is 39.5 Å². The quantitative estimate of drug-likeness (QED) is 0.559. The van der Waals surface area contributed by atoms with Gasteiger partial charge in [-0.3, -0.25) is 14.4 Å². The molecule has 2 fully saturated rings. The van der Waals surface area contributed by atoms with Crippen molar-refractivity contribution in [1.29, 1.82) is 0 Å². The molecule has 0 aromatic heterocycles. The van der Waals surface area contributed by atoms with Gasteiger partial charge in [0.1, 0.15) is 18.1 Å². The fraction of sp³-hybridized carbons (Fsp3) is 0.765. The number of nitrogens with two attached hydrogens (primary N) is 1. The first-order chi connectivity index (χ1) is 12.3. The maximum absolute atomic E-state index is 12.9. The van der Waals surface area contributed by atoms with E-state index in [-0.39, 0.29) is 30.2 Å². The van der Waals surface area contributed by atoms with Crippen molar-refractivity contribution >= 4 is 23.7 Å². The molecule has 2 saturated heterocycles. The first kappa shape index (κ1) is 20.2. The molecular formula is C17H28N4O5. The lowest BCUT2D eigenvalue weighted by Crippen LogP contribution is -2.57. The number of amides is 3. The number of aliphatic carboxylic acids is 1. The summed E-state index contributed by atoms with van der Waals surface area (Å²) in [7, 11) is 0. The second-order valence-corrected chi connectivity index (χ2v) is 7.21. The smallest absolute Gasteiger partial charge is 0.326 e. The molecule has 3 amide bonds. The molecule has 26 heavy (non-hydrogen) atoms. The largest absolute Gasteiger partial charge is 0.480 e. The van der Waals surface area contributed by atoms with Crippen molar-refractivity contribution in [1.82, 2.24) is 15.1 Å². The van der Waals surface area contributed by atoms with Crippen molar-refractivity contribution in [2.24, 2.45) is 11.7 Å². The SMILES string of the molecule is CC(C)C(NC(=O)C1CCCN1C(=O)CN)C(=O)N1CCCC1C(=O)O. The molecule has 3 unspecified atom stereocenters. The third kappa shape index (κ3) is 4.14. The van der Waals surface area contributed by atoms with Crippen LogP contribution in [0.5, 0.6) is 0 Å². The highest BCUT2D eigenvalue weighted by atomic mass is 16.4. The van der Waals surface area contributed by atoms with E-state index < -0.39 is 24.1 Å². The number of carboxylic acids is 1. The van der Waals surface area contributed by atoms with E-state index >= 15 is 0 Å². The lowest BCUT2D eigenvalue weighted by Gasteiger charge is -2.31. The fourth-order valence-corrected chi connectivity index (χ4v) is 3.68. The van der Waals surface area contributed by atoms with Gasteiger partial charge in [-0.15, -0.1) is 0 Å². The summed E-state index contributed by atoms with van der Waals surface area (Å²) in [4.78, 5) is 51.6. The van der Waals surface area contributed by atoms with Crippen LogP contribution in [0.3, 0.4) is 0 Å². The van der Waals surface area contributed by atoms with Gasteiger partial charge in [-0.05, 0) is 31.6 Å². The Labute approximate surface area is 152 Å². The topological polar surface area (TPSA) is 133 Å². The Bertz CT molecular complexity index is 580. The second kappa shape index (κ2) is 8.48. The summed E-state index contributed by atoms with van der Waals surface area (Å²) < 4.78 is 0. The molecule has 3 atom stereocenters. The summed E-state index contributed by atoms with van der Waals surface area (Å²) in [5, 5.41) is 12.0. The molecule has 9 nitrogen and oxygen atoms in total. The van der Waals surface area contributed by atoms with Gasteiger partial charge in [0.2, 0.25) is 17.7 Å². The summed E-state index contributed by atoms with van der Waals surface area (Å²) >= 11 is 0. The van der Waals surface area contributed by atoms with Gasteiger partial charge in [0, 0.05) is 13.1 Å². The summed E-state index contributed by atoms with van der Waals surface area (Å²) in [5.41, 5.74) is 5.40. The van der Waals surface area contributed by atoms with Crippen LogP contribution in [0.2, 0.25) is 0 Å². The van der Waals surface area contributed by atoms with Crippen LogP contribution in [0.15, 0.2) is 0 Å². The van der Waals surface area contributed by atoms with Crippen molar-refractivity contribution in [3.05, 3.63) is 0 Å². The zero-order valence-electron chi connectivity index (χ0n) is 15.3.